The number of aryl methyl sites for hydroxylation is 1. The average molecular weight is 432 g/mol. The topological polar surface area (TPSA) is 65.4 Å². The number of ether oxygens (including phenoxy) is 1. The molecule has 0 aromatic heterocycles. The number of amides is 1. The Morgan fingerprint density at radius 1 is 1.28 bits per heavy atom. The Labute approximate surface area is 191 Å². The third-order valence-corrected chi connectivity index (χ3v) is 6.19. The number of benzene rings is 2. The zero-order chi connectivity index (χ0) is 23.6. The molecule has 0 saturated carbocycles. The summed E-state index contributed by atoms with van der Waals surface area (Å²) in [4.78, 5) is 15.2. The molecule has 32 heavy (non-hydrogen) atoms. The van der Waals surface area contributed by atoms with E-state index in [1.54, 1.807) is 37.5 Å². The fourth-order valence-corrected chi connectivity index (χ4v) is 4.92. The van der Waals surface area contributed by atoms with Gasteiger partial charge in [-0.05, 0) is 106 Å². The predicted molar refractivity (Wildman–Crippen MR) is 131 cm³/mol. The highest BCUT2D eigenvalue weighted by atomic mass is 16.5. The second-order valence-corrected chi connectivity index (χ2v) is 9.50. The first-order chi connectivity index (χ1) is 15.1. The van der Waals surface area contributed by atoms with E-state index in [0.717, 1.165) is 17.5 Å². The smallest absolute Gasteiger partial charge is 0.266 e. The van der Waals surface area contributed by atoms with E-state index in [-0.39, 0.29) is 11.1 Å². The van der Waals surface area contributed by atoms with Crippen LogP contribution >= 0.6 is 0 Å². The van der Waals surface area contributed by atoms with Crippen molar-refractivity contribution in [3.05, 3.63) is 58.7 Å². The van der Waals surface area contributed by atoms with Gasteiger partial charge in [0, 0.05) is 23.0 Å². The van der Waals surface area contributed by atoms with Crippen LogP contribution in [0.4, 0.5) is 11.4 Å². The lowest BCUT2D eigenvalue weighted by Gasteiger charge is -2.50. The normalized spacial score (nSPS) is 17.5. The highest BCUT2D eigenvalue weighted by Gasteiger charge is 2.37. The van der Waals surface area contributed by atoms with Crippen LogP contribution in [0.2, 0.25) is 0 Å². The van der Waals surface area contributed by atoms with Crippen molar-refractivity contribution in [1.82, 2.24) is 0 Å². The molecule has 1 atom stereocenters. The molecule has 1 heterocycles. The zero-order valence-corrected chi connectivity index (χ0v) is 20.1. The number of fused-ring (bicyclic) bond motifs is 1. The molecule has 2 aromatic rings. The van der Waals surface area contributed by atoms with Crippen LogP contribution < -0.4 is 15.0 Å². The van der Waals surface area contributed by atoms with Crippen molar-refractivity contribution in [2.45, 2.75) is 65.5 Å². The second-order valence-electron chi connectivity index (χ2n) is 9.50. The lowest BCUT2D eigenvalue weighted by molar-refractivity contribution is -0.112. The number of hydrogen-bond acceptors (Lipinski definition) is 4. The summed E-state index contributed by atoms with van der Waals surface area (Å²) in [6.45, 7) is 13.3. The Bertz CT molecular complexity index is 1080. The molecule has 0 aliphatic carbocycles. The first-order valence-corrected chi connectivity index (χ1v) is 11.1. The maximum Gasteiger partial charge on any atom is 0.266 e. The summed E-state index contributed by atoms with van der Waals surface area (Å²) in [7, 11) is 1.59. The highest BCUT2D eigenvalue weighted by molar-refractivity contribution is 6.09. The van der Waals surface area contributed by atoms with Gasteiger partial charge in [-0.15, -0.1) is 0 Å². The zero-order valence-electron chi connectivity index (χ0n) is 20.1. The van der Waals surface area contributed by atoms with Gasteiger partial charge in [-0.2, -0.15) is 5.26 Å². The number of carbonyl (C=O) groups excluding carboxylic acids is 1. The van der Waals surface area contributed by atoms with Gasteiger partial charge in [-0.3, -0.25) is 4.79 Å². The standard InChI is InChI=1S/C27H33N3O2/c1-17(2)30-25-12-18(3)20(14-24(25)19(4)15-27(30,5)6)13-21(16-28)26(31)29-22-8-10-23(32-7)11-9-22/h8-14,17,19H,15H2,1-7H3,(H,29,31)/b21-13-. The average Bonchev–Trinajstić information content (AvgIpc) is 2.72. The summed E-state index contributed by atoms with van der Waals surface area (Å²) >= 11 is 0. The van der Waals surface area contributed by atoms with Crippen LogP contribution in [0.25, 0.3) is 6.08 Å². The van der Waals surface area contributed by atoms with Crippen molar-refractivity contribution in [1.29, 1.82) is 5.26 Å². The second kappa shape index (κ2) is 9.08. The molecule has 5 heteroatoms. The third kappa shape index (κ3) is 4.65. The molecule has 0 saturated heterocycles. The molecular weight excluding hydrogens is 398 g/mol. The molecule has 2 aromatic carbocycles. The Hall–Kier alpha value is -3.26. The SMILES string of the molecule is COc1ccc(NC(=O)/C(C#N)=C\c2cc3c(cc2C)N(C(C)C)C(C)(C)CC3C)cc1. The van der Waals surface area contributed by atoms with Gasteiger partial charge in [0.25, 0.3) is 5.91 Å². The lowest BCUT2D eigenvalue weighted by atomic mass is 9.78. The van der Waals surface area contributed by atoms with E-state index in [2.05, 4.69) is 63.0 Å². The van der Waals surface area contributed by atoms with Crippen molar-refractivity contribution in [3.8, 4) is 11.8 Å². The molecule has 1 unspecified atom stereocenters. The van der Waals surface area contributed by atoms with Gasteiger partial charge in [-0.1, -0.05) is 6.92 Å². The minimum absolute atomic E-state index is 0.0699. The minimum atomic E-state index is -0.423. The summed E-state index contributed by atoms with van der Waals surface area (Å²) in [5, 5.41) is 12.5. The Kier molecular flexibility index (Phi) is 6.64. The van der Waals surface area contributed by atoms with Crippen LogP contribution in [-0.4, -0.2) is 24.6 Å². The van der Waals surface area contributed by atoms with Crippen molar-refractivity contribution in [2.24, 2.45) is 0 Å². The lowest BCUT2D eigenvalue weighted by Crippen LogP contribution is -2.51. The molecule has 0 spiro atoms. The summed E-state index contributed by atoms with van der Waals surface area (Å²) < 4.78 is 5.14. The van der Waals surface area contributed by atoms with Gasteiger partial charge >= 0.3 is 0 Å². The van der Waals surface area contributed by atoms with Gasteiger partial charge < -0.3 is 15.0 Å². The summed E-state index contributed by atoms with van der Waals surface area (Å²) in [6, 6.07) is 13.8. The Morgan fingerprint density at radius 3 is 2.50 bits per heavy atom. The number of nitrogens with zero attached hydrogens (tertiary/aromatic N) is 2. The van der Waals surface area contributed by atoms with Crippen LogP contribution in [-0.2, 0) is 4.79 Å². The summed E-state index contributed by atoms with van der Waals surface area (Å²) in [6.07, 6.45) is 2.74. The fraction of sp³-hybridized carbons (Fsp3) is 0.407. The van der Waals surface area contributed by atoms with E-state index in [0.29, 0.717) is 23.4 Å². The summed E-state index contributed by atoms with van der Waals surface area (Å²) in [5.41, 5.74) is 5.23. The van der Waals surface area contributed by atoms with Crippen molar-refractivity contribution < 1.29 is 9.53 Å². The molecule has 1 amide bonds. The van der Waals surface area contributed by atoms with Gasteiger partial charge in [-0.25, -0.2) is 0 Å². The number of nitrogens with one attached hydrogen (secondary N) is 1. The van der Waals surface area contributed by atoms with Crippen LogP contribution in [0.1, 0.15) is 63.6 Å². The molecule has 0 fully saturated rings. The molecule has 0 radical (unpaired) electrons. The first kappa shape index (κ1) is 23.4. The van der Waals surface area contributed by atoms with E-state index in [1.807, 2.05) is 6.92 Å². The van der Waals surface area contributed by atoms with Crippen LogP contribution in [0, 0.1) is 18.3 Å². The van der Waals surface area contributed by atoms with E-state index >= 15 is 0 Å². The van der Waals surface area contributed by atoms with Crippen LogP contribution in [0.15, 0.2) is 42.0 Å². The number of methoxy groups -OCH3 is 1. The maximum atomic E-state index is 12.8. The Morgan fingerprint density at radius 2 is 1.94 bits per heavy atom. The van der Waals surface area contributed by atoms with E-state index in [4.69, 9.17) is 4.74 Å². The van der Waals surface area contributed by atoms with Crippen molar-refractivity contribution in [2.75, 3.05) is 17.3 Å². The molecule has 1 aliphatic rings. The Balaban J connectivity index is 1.95. The quantitative estimate of drug-likeness (QED) is 0.462. The number of carbonyl (C=O) groups is 1. The van der Waals surface area contributed by atoms with Gasteiger partial charge in [0.1, 0.15) is 17.4 Å². The maximum absolute atomic E-state index is 12.8. The van der Waals surface area contributed by atoms with E-state index in [1.165, 1.54) is 11.3 Å². The summed E-state index contributed by atoms with van der Waals surface area (Å²) in [5.74, 6) is 0.672. The van der Waals surface area contributed by atoms with Crippen molar-refractivity contribution in [3.63, 3.8) is 0 Å². The number of anilines is 2. The molecule has 3 rings (SSSR count). The number of hydrogen-bond donors (Lipinski definition) is 1. The van der Waals surface area contributed by atoms with Gasteiger partial charge in [0.05, 0.1) is 7.11 Å². The highest BCUT2D eigenvalue weighted by Crippen LogP contribution is 2.45. The van der Waals surface area contributed by atoms with E-state index < -0.39 is 5.91 Å². The molecular formula is C27H33N3O2. The predicted octanol–water partition coefficient (Wildman–Crippen LogP) is 6.05. The number of nitriles is 1. The third-order valence-electron chi connectivity index (χ3n) is 6.19. The largest absolute Gasteiger partial charge is 0.497 e. The van der Waals surface area contributed by atoms with Gasteiger partial charge in [0.2, 0.25) is 0 Å². The minimum Gasteiger partial charge on any atom is -0.497 e. The van der Waals surface area contributed by atoms with Crippen LogP contribution in [0.3, 0.4) is 0 Å². The van der Waals surface area contributed by atoms with Crippen LogP contribution in [0.5, 0.6) is 5.75 Å². The molecule has 1 N–H and O–H groups in total. The molecule has 1 aliphatic heterocycles. The fourth-order valence-electron chi connectivity index (χ4n) is 4.92. The van der Waals surface area contributed by atoms with E-state index in [9.17, 15) is 10.1 Å². The molecule has 0 bridgehead atoms. The van der Waals surface area contributed by atoms with Crippen molar-refractivity contribution >= 4 is 23.4 Å². The number of rotatable bonds is 5. The first-order valence-electron chi connectivity index (χ1n) is 11.1. The van der Waals surface area contributed by atoms with Gasteiger partial charge in [0.15, 0.2) is 0 Å². The molecule has 168 valence electrons. The molecule has 5 nitrogen and oxygen atoms in total. The monoisotopic (exact) mass is 431 g/mol.